The van der Waals surface area contributed by atoms with Gasteiger partial charge in [0.05, 0.1) is 0 Å². The zero-order valence-electron chi connectivity index (χ0n) is 8.10. The standard InChI is InChI=1S/C11H13BF/c1-7-10(13)6-5-9(8-3-4-8)11(7)12-2/h5-6,8H,3-4H2,1-2H3. The molecule has 67 valence electrons. The molecule has 1 aromatic rings. The van der Waals surface area contributed by atoms with Crippen LogP contribution in [0.15, 0.2) is 12.1 Å². The molecule has 0 N–H and O–H groups in total. The highest BCUT2D eigenvalue weighted by Gasteiger charge is 2.26. The molecule has 0 spiro atoms. The van der Waals surface area contributed by atoms with Gasteiger partial charge in [0.2, 0.25) is 0 Å². The molecule has 2 rings (SSSR count). The van der Waals surface area contributed by atoms with Gasteiger partial charge in [0.1, 0.15) is 13.1 Å². The fraction of sp³-hybridized carbons (Fsp3) is 0.455. The maximum atomic E-state index is 13.2. The van der Waals surface area contributed by atoms with Crippen molar-refractivity contribution in [1.29, 1.82) is 0 Å². The summed E-state index contributed by atoms with van der Waals surface area (Å²) in [5.41, 5.74) is 3.25. The van der Waals surface area contributed by atoms with Crippen molar-refractivity contribution in [2.24, 2.45) is 0 Å². The number of rotatable bonds is 2. The minimum atomic E-state index is -0.0856. The summed E-state index contributed by atoms with van der Waals surface area (Å²) in [6.45, 7) is 3.84. The van der Waals surface area contributed by atoms with Crippen LogP contribution < -0.4 is 5.46 Å². The van der Waals surface area contributed by atoms with Gasteiger partial charge in [0, 0.05) is 0 Å². The summed E-state index contributed by atoms with van der Waals surface area (Å²) in [5, 5.41) is 0. The molecule has 0 saturated heterocycles. The van der Waals surface area contributed by atoms with Gasteiger partial charge in [-0.15, -0.1) is 0 Å². The van der Waals surface area contributed by atoms with Crippen molar-refractivity contribution < 1.29 is 4.39 Å². The fourth-order valence-electron chi connectivity index (χ4n) is 1.86. The largest absolute Gasteiger partial charge is 0.207 e. The molecular formula is C11H13BF. The Bertz CT molecular complexity index is 329. The summed E-state index contributed by atoms with van der Waals surface area (Å²) in [5.74, 6) is 0.614. The lowest BCUT2D eigenvalue weighted by Crippen LogP contribution is -2.21. The van der Waals surface area contributed by atoms with E-state index < -0.39 is 0 Å². The molecular weight excluding hydrogens is 162 g/mol. The predicted molar refractivity (Wildman–Crippen MR) is 54.4 cm³/mol. The highest BCUT2D eigenvalue weighted by Crippen LogP contribution is 2.39. The number of benzene rings is 1. The molecule has 0 unspecified atom stereocenters. The SMILES string of the molecule is C[B]c1c(C2CC2)ccc(F)c1C. The average Bonchev–Trinajstić information content (AvgIpc) is 2.92. The van der Waals surface area contributed by atoms with Crippen molar-refractivity contribution in [3.05, 3.63) is 29.1 Å². The average molecular weight is 175 g/mol. The van der Waals surface area contributed by atoms with Crippen LogP contribution in [0.25, 0.3) is 0 Å². The van der Waals surface area contributed by atoms with Crippen molar-refractivity contribution in [3.63, 3.8) is 0 Å². The van der Waals surface area contributed by atoms with Crippen molar-refractivity contribution >= 4 is 12.7 Å². The lowest BCUT2D eigenvalue weighted by atomic mass is 9.68. The summed E-state index contributed by atoms with van der Waals surface area (Å²) >= 11 is 0. The van der Waals surface area contributed by atoms with Gasteiger partial charge >= 0.3 is 0 Å². The second-order valence-electron chi connectivity index (χ2n) is 3.74. The molecule has 1 fully saturated rings. The first-order valence-electron chi connectivity index (χ1n) is 4.82. The first-order chi connectivity index (χ1) is 6.24. The minimum absolute atomic E-state index is 0.0856. The van der Waals surface area contributed by atoms with Crippen LogP contribution in [0, 0.1) is 12.7 Å². The van der Waals surface area contributed by atoms with Crippen LogP contribution in [0.2, 0.25) is 6.82 Å². The molecule has 1 radical (unpaired) electrons. The van der Waals surface area contributed by atoms with E-state index in [2.05, 4.69) is 0 Å². The topological polar surface area (TPSA) is 0 Å². The van der Waals surface area contributed by atoms with E-state index in [1.165, 1.54) is 18.4 Å². The molecule has 1 aromatic carbocycles. The third-order valence-electron chi connectivity index (χ3n) is 2.79. The molecule has 13 heavy (non-hydrogen) atoms. The van der Waals surface area contributed by atoms with Crippen molar-refractivity contribution in [2.45, 2.75) is 32.5 Å². The molecule has 0 amide bonds. The lowest BCUT2D eigenvalue weighted by molar-refractivity contribution is 0.619. The van der Waals surface area contributed by atoms with Gasteiger partial charge in [-0.05, 0) is 37.3 Å². The monoisotopic (exact) mass is 175 g/mol. The highest BCUT2D eigenvalue weighted by molar-refractivity contribution is 6.53. The third kappa shape index (κ3) is 1.50. The molecule has 0 aromatic heterocycles. The smallest absolute Gasteiger partial charge is 0.149 e. The van der Waals surface area contributed by atoms with Crippen LogP contribution in [0.1, 0.15) is 29.9 Å². The quantitative estimate of drug-likeness (QED) is 0.605. The van der Waals surface area contributed by atoms with Gasteiger partial charge < -0.3 is 0 Å². The van der Waals surface area contributed by atoms with Crippen LogP contribution in [0.3, 0.4) is 0 Å². The molecule has 0 atom stereocenters. The molecule has 1 saturated carbocycles. The van der Waals surface area contributed by atoms with Gasteiger partial charge in [-0.3, -0.25) is 0 Å². The first-order valence-corrected chi connectivity index (χ1v) is 4.82. The number of hydrogen-bond acceptors (Lipinski definition) is 0. The summed E-state index contributed by atoms with van der Waals surface area (Å²) in [6.07, 6.45) is 2.54. The Kier molecular flexibility index (Phi) is 2.14. The second kappa shape index (κ2) is 3.17. The van der Waals surface area contributed by atoms with Gasteiger partial charge in [-0.2, -0.15) is 0 Å². The second-order valence-corrected chi connectivity index (χ2v) is 3.74. The Balaban J connectivity index is 2.49. The Morgan fingerprint density at radius 1 is 1.38 bits per heavy atom. The van der Waals surface area contributed by atoms with Gasteiger partial charge in [-0.25, -0.2) is 4.39 Å². The van der Waals surface area contributed by atoms with E-state index in [-0.39, 0.29) is 5.82 Å². The van der Waals surface area contributed by atoms with Gasteiger partial charge in [-0.1, -0.05) is 23.9 Å². The number of halogens is 1. The molecule has 0 heterocycles. The molecule has 0 nitrogen and oxygen atoms in total. The first kappa shape index (κ1) is 8.80. The molecule has 0 bridgehead atoms. The van der Waals surface area contributed by atoms with E-state index >= 15 is 0 Å². The third-order valence-corrected chi connectivity index (χ3v) is 2.79. The van der Waals surface area contributed by atoms with E-state index in [0.29, 0.717) is 5.92 Å². The Hall–Kier alpha value is -0.785. The Labute approximate surface area is 79.4 Å². The summed E-state index contributed by atoms with van der Waals surface area (Å²) < 4.78 is 13.2. The van der Waals surface area contributed by atoms with E-state index in [1.807, 2.05) is 27.1 Å². The van der Waals surface area contributed by atoms with Crippen molar-refractivity contribution in [3.8, 4) is 0 Å². The summed E-state index contributed by atoms with van der Waals surface area (Å²) in [4.78, 5) is 0. The van der Waals surface area contributed by atoms with Crippen molar-refractivity contribution in [1.82, 2.24) is 0 Å². The van der Waals surface area contributed by atoms with Crippen LogP contribution >= 0.6 is 0 Å². The Morgan fingerprint density at radius 3 is 2.62 bits per heavy atom. The van der Waals surface area contributed by atoms with Crippen LogP contribution in [0.4, 0.5) is 4.39 Å². The summed E-state index contributed by atoms with van der Waals surface area (Å²) in [7, 11) is 2.02. The Morgan fingerprint density at radius 2 is 2.08 bits per heavy atom. The van der Waals surface area contributed by atoms with E-state index in [9.17, 15) is 4.39 Å². The summed E-state index contributed by atoms with van der Waals surface area (Å²) in [6, 6.07) is 3.53. The fourth-order valence-corrected chi connectivity index (χ4v) is 1.86. The minimum Gasteiger partial charge on any atom is -0.207 e. The van der Waals surface area contributed by atoms with Gasteiger partial charge in [0.25, 0.3) is 0 Å². The van der Waals surface area contributed by atoms with E-state index in [1.54, 1.807) is 6.07 Å². The van der Waals surface area contributed by atoms with Crippen molar-refractivity contribution in [2.75, 3.05) is 0 Å². The number of hydrogen-bond donors (Lipinski definition) is 0. The maximum Gasteiger partial charge on any atom is 0.149 e. The zero-order valence-corrected chi connectivity index (χ0v) is 8.10. The van der Waals surface area contributed by atoms with Crippen LogP contribution in [0.5, 0.6) is 0 Å². The molecule has 2 heteroatoms. The maximum absolute atomic E-state index is 13.2. The highest BCUT2D eigenvalue weighted by atomic mass is 19.1. The lowest BCUT2D eigenvalue weighted by Gasteiger charge is -2.10. The van der Waals surface area contributed by atoms with Crippen LogP contribution in [-0.2, 0) is 0 Å². The van der Waals surface area contributed by atoms with Crippen LogP contribution in [-0.4, -0.2) is 7.28 Å². The van der Waals surface area contributed by atoms with E-state index in [4.69, 9.17) is 0 Å². The van der Waals surface area contributed by atoms with E-state index in [0.717, 1.165) is 11.0 Å². The zero-order chi connectivity index (χ0) is 9.42. The molecule has 0 aliphatic heterocycles. The van der Waals surface area contributed by atoms with Gasteiger partial charge in [0.15, 0.2) is 0 Å². The normalized spacial score (nSPS) is 15.9. The molecule has 1 aliphatic carbocycles. The molecule has 1 aliphatic rings. The predicted octanol–water partition coefficient (Wildman–Crippen LogP) is 2.39.